The Bertz CT molecular complexity index is 544. The number of hydrogen-bond acceptors (Lipinski definition) is 4. The van der Waals surface area contributed by atoms with Crippen LogP contribution in [0.15, 0.2) is 27.1 Å². The van der Waals surface area contributed by atoms with Gasteiger partial charge in [0, 0.05) is 17.4 Å². The summed E-state index contributed by atoms with van der Waals surface area (Å²) in [6, 6.07) is 4.74. The molecule has 0 amide bonds. The highest BCUT2D eigenvalue weighted by atomic mass is 79.9. The van der Waals surface area contributed by atoms with Gasteiger partial charge >= 0.3 is 0 Å². The second kappa shape index (κ2) is 6.77. The van der Waals surface area contributed by atoms with E-state index in [1.165, 1.54) is 6.07 Å². The van der Waals surface area contributed by atoms with E-state index in [-0.39, 0.29) is 11.7 Å². The van der Waals surface area contributed by atoms with Crippen LogP contribution in [0.2, 0.25) is 0 Å². The molecule has 0 aliphatic heterocycles. The van der Waals surface area contributed by atoms with Crippen molar-refractivity contribution in [1.82, 2.24) is 15.5 Å². The minimum absolute atomic E-state index is 0.218. The zero-order chi connectivity index (χ0) is 13.7. The minimum Gasteiger partial charge on any atom is -0.421 e. The first-order chi connectivity index (χ1) is 9.20. The monoisotopic (exact) mass is 327 g/mol. The lowest BCUT2D eigenvalue weighted by atomic mass is 10.2. The highest BCUT2D eigenvalue weighted by molar-refractivity contribution is 9.10. The average Bonchev–Trinajstić information content (AvgIpc) is 2.83. The van der Waals surface area contributed by atoms with Gasteiger partial charge in [-0.05, 0) is 31.2 Å². The molecular formula is C13H15BrFN3O. The molecule has 1 heterocycles. The van der Waals surface area contributed by atoms with E-state index in [1.807, 2.05) is 0 Å². The zero-order valence-corrected chi connectivity index (χ0v) is 12.2. The van der Waals surface area contributed by atoms with Crippen molar-refractivity contribution >= 4 is 15.9 Å². The van der Waals surface area contributed by atoms with Gasteiger partial charge in [0.05, 0.1) is 5.56 Å². The number of benzene rings is 1. The van der Waals surface area contributed by atoms with Gasteiger partial charge in [-0.3, -0.25) is 0 Å². The maximum atomic E-state index is 13.7. The Balaban J connectivity index is 2.04. The second-order valence-electron chi connectivity index (χ2n) is 4.13. The molecule has 102 valence electrons. The normalized spacial score (nSPS) is 10.9. The van der Waals surface area contributed by atoms with E-state index in [0.29, 0.717) is 22.3 Å². The first-order valence-corrected chi connectivity index (χ1v) is 6.98. The molecule has 0 aliphatic rings. The lowest BCUT2D eigenvalue weighted by Gasteiger charge is -1.99. The highest BCUT2D eigenvalue weighted by Crippen LogP contribution is 2.24. The summed E-state index contributed by atoms with van der Waals surface area (Å²) >= 11 is 3.21. The summed E-state index contributed by atoms with van der Waals surface area (Å²) < 4.78 is 19.9. The first kappa shape index (κ1) is 14.1. The summed E-state index contributed by atoms with van der Waals surface area (Å²) in [5.74, 6) is 0.352. The molecule has 0 saturated heterocycles. The minimum atomic E-state index is -0.381. The van der Waals surface area contributed by atoms with Crippen molar-refractivity contribution in [2.75, 3.05) is 13.1 Å². The van der Waals surface area contributed by atoms with Crippen LogP contribution >= 0.6 is 15.9 Å². The van der Waals surface area contributed by atoms with Crippen LogP contribution < -0.4 is 5.32 Å². The smallest absolute Gasteiger partial charge is 0.250 e. The maximum Gasteiger partial charge on any atom is 0.250 e. The van der Waals surface area contributed by atoms with Crippen molar-refractivity contribution in [2.45, 2.75) is 19.8 Å². The topological polar surface area (TPSA) is 51.0 Å². The third kappa shape index (κ3) is 3.84. The Morgan fingerprint density at radius 1 is 1.32 bits per heavy atom. The number of hydrogen-bond donors (Lipinski definition) is 1. The van der Waals surface area contributed by atoms with E-state index in [0.717, 1.165) is 19.5 Å². The Hall–Kier alpha value is -1.27. The van der Waals surface area contributed by atoms with Gasteiger partial charge in [-0.25, -0.2) is 4.39 Å². The van der Waals surface area contributed by atoms with Crippen LogP contribution in [0.5, 0.6) is 0 Å². The molecule has 2 rings (SSSR count). The fraction of sp³-hybridized carbons (Fsp3) is 0.385. The molecular weight excluding hydrogens is 313 g/mol. The summed E-state index contributed by atoms with van der Waals surface area (Å²) in [7, 11) is 0. The second-order valence-corrected chi connectivity index (χ2v) is 5.04. The van der Waals surface area contributed by atoms with E-state index in [9.17, 15) is 4.39 Å². The summed E-state index contributed by atoms with van der Waals surface area (Å²) in [6.07, 6.45) is 1.73. The number of nitrogens with one attached hydrogen (secondary N) is 1. The molecule has 2 aromatic rings. The molecule has 0 spiro atoms. The molecule has 19 heavy (non-hydrogen) atoms. The Labute approximate surface area is 119 Å². The fourth-order valence-corrected chi connectivity index (χ4v) is 1.96. The quantitative estimate of drug-likeness (QED) is 0.828. The standard InChI is InChI=1S/C13H15BrFN3O/c1-2-6-16-7-5-12-17-18-13(19-12)10-4-3-9(14)8-11(10)15/h3-4,8,16H,2,5-7H2,1H3. The SMILES string of the molecule is CCCNCCc1nnc(-c2ccc(Br)cc2F)o1. The van der Waals surface area contributed by atoms with Crippen molar-refractivity contribution in [3.05, 3.63) is 34.4 Å². The van der Waals surface area contributed by atoms with Crippen LogP contribution in [0, 0.1) is 5.82 Å². The average molecular weight is 328 g/mol. The molecule has 6 heteroatoms. The van der Waals surface area contributed by atoms with Gasteiger partial charge in [0.15, 0.2) is 0 Å². The van der Waals surface area contributed by atoms with Crippen LogP contribution in [0.4, 0.5) is 4.39 Å². The van der Waals surface area contributed by atoms with Gasteiger partial charge in [-0.15, -0.1) is 10.2 Å². The van der Waals surface area contributed by atoms with E-state index in [4.69, 9.17) is 4.42 Å². The number of halogens is 2. The predicted octanol–water partition coefficient (Wildman–Crippen LogP) is 3.18. The van der Waals surface area contributed by atoms with Crippen LogP contribution in [-0.2, 0) is 6.42 Å². The number of nitrogens with zero attached hydrogens (tertiary/aromatic N) is 2. The largest absolute Gasteiger partial charge is 0.421 e. The molecule has 1 aromatic heterocycles. The van der Waals surface area contributed by atoms with Crippen molar-refractivity contribution in [3.8, 4) is 11.5 Å². The van der Waals surface area contributed by atoms with E-state index in [1.54, 1.807) is 12.1 Å². The summed E-state index contributed by atoms with van der Waals surface area (Å²) in [5, 5.41) is 11.0. The van der Waals surface area contributed by atoms with Gasteiger partial charge in [0.2, 0.25) is 5.89 Å². The highest BCUT2D eigenvalue weighted by Gasteiger charge is 2.12. The van der Waals surface area contributed by atoms with Crippen LogP contribution in [-0.4, -0.2) is 23.3 Å². The molecule has 0 bridgehead atoms. The molecule has 0 unspecified atom stereocenters. The van der Waals surface area contributed by atoms with Gasteiger partial charge in [0.25, 0.3) is 5.89 Å². The van der Waals surface area contributed by atoms with Crippen molar-refractivity contribution in [3.63, 3.8) is 0 Å². The lowest BCUT2D eigenvalue weighted by molar-refractivity contribution is 0.491. The fourth-order valence-electron chi connectivity index (χ4n) is 1.62. The molecule has 1 N–H and O–H groups in total. The predicted molar refractivity (Wildman–Crippen MR) is 74.3 cm³/mol. The van der Waals surface area contributed by atoms with Crippen molar-refractivity contribution < 1.29 is 8.81 Å². The molecule has 1 aromatic carbocycles. The number of aromatic nitrogens is 2. The lowest BCUT2D eigenvalue weighted by Crippen LogP contribution is -2.17. The zero-order valence-electron chi connectivity index (χ0n) is 10.6. The molecule has 0 fully saturated rings. The van der Waals surface area contributed by atoms with E-state index >= 15 is 0 Å². The van der Waals surface area contributed by atoms with Crippen LogP contribution in [0.3, 0.4) is 0 Å². The Morgan fingerprint density at radius 2 is 2.16 bits per heavy atom. The summed E-state index contributed by atoms with van der Waals surface area (Å²) in [6.45, 7) is 3.84. The third-order valence-corrected chi connectivity index (χ3v) is 3.06. The Kier molecular flexibility index (Phi) is 5.04. The van der Waals surface area contributed by atoms with Gasteiger partial charge in [-0.2, -0.15) is 0 Å². The van der Waals surface area contributed by atoms with Crippen LogP contribution in [0.1, 0.15) is 19.2 Å². The van der Waals surface area contributed by atoms with Crippen molar-refractivity contribution in [2.24, 2.45) is 0 Å². The summed E-state index contributed by atoms with van der Waals surface area (Å²) in [5.41, 5.74) is 0.323. The van der Waals surface area contributed by atoms with Crippen LogP contribution in [0.25, 0.3) is 11.5 Å². The third-order valence-electron chi connectivity index (χ3n) is 2.57. The molecule has 0 aliphatic carbocycles. The maximum absolute atomic E-state index is 13.7. The first-order valence-electron chi connectivity index (χ1n) is 6.19. The molecule has 0 atom stereocenters. The van der Waals surface area contributed by atoms with Crippen molar-refractivity contribution in [1.29, 1.82) is 0 Å². The molecule has 0 radical (unpaired) electrons. The van der Waals surface area contributed by atoms with Gasteiger partial charge < -0.3 is 9.73 Å². The number of rotatable bonds is 6. The Morgan fingerprint density at radius 3 is 2.89 bits per heavy atom. The van der Waals surface area contributed by atoms with Gasteiger partial charge in [0.1, 0.15) is 5.82 Å². The van der Waals surface area contributed by atoms with Gasteiger partial charge in [-0.1, -0.05) is 22.9 Å². The van der Waals surface area contributed by atoms with E-state index in [2.05, 4.69) is 38.4 Å². The summed E-state index contributed by atoms with van der Waals surface area (Å²) in [4.78, 5) is 0. The molecule has 0 saturated carbocycles. The molecule has 4 nitrogen and oxygen atoms in total. The van der Waals surface area contributed by atoms with E-state index < -0.39 is 0 Å².